The molecule has 28 heavy (non-hydrogen) atoms. The van der Waals surface area contributed by atoms with E-state index < -0.39 is 0 Å². The lowest BCUT2D eigenvalue weighted by Gasteiger charge is -2.22. The van der Waals surface area contributed by atoms with Gasteiger partial charge in [0, 0.05) is 13.2 Å². The Labute approximate surface area is 169 Å². The molecule has 158 valence electrons. The summed E-state index contributed by atoms with van der Waals surface area (Å²) in [6.45, 7) is 3.83. The van der Waals surface area contributed by atoms with Crippen LogP contribution >= 0.6 is 0 Å². The van der Waals surface area contributed by atoms with Crippen molar-refractivity contribution in [2.75, 3.05) is 26.9 Å². The SMILES string of the molecule is CCOC(=O)c1c(CCCCCCCCOC2CCCCO2)cccc1OC. The van der Waals surface area contributed by atoms with Crippen LogP contribution < -0.4 is 4.74 Å². The smallest absolute Gasteiger partial charge is 0.342 e. The summed E-state index contributed by atoms with van der Waals surface area (Å²) < 4.78 is 21.9. The zero-order valence-corrected chi connectivity index (χ0v) is 17.5. The number of benzene rings is 1. The number of hydrogen-bond donors (Lipinski definition) is 0. The molecule has 1 atom stereocenters. The van der Waals surface area contributed by atoms with Crippen LogP contribution in [0.15, 0.2) is 18.2 Å². The van der Waals surface area contributed by atoms with Crippen LogP contribution in [0.1, 0.15) is 80.6 Å². The molecule has 1 aromatic carbocycles. The normalized spacial score (nSPS) is 16.7. The molecule has 0 aliphatic carbocycles. The highest BCUT2D eigenvalue weighted by molar-refractivity contribution is 5.94. The first-order valence-electron chi connectivity index (χ1n) is 10.8. The fourth-order valence-electron chi connectivity index (χ4n) is 3.57. The quantitative estimate of drug-likeness (QED) is 0.337. The van der Waals surface area contributed by atoms with Crippen LogP contribution in [-0.4, -0.2) is 39.2 Å². The average Bonchev–Trinajstić information content (AvgIpc) is 2.73. The Morgan fingerprint density at radius 3 is 2.61 bits per heavy atom. The lowest BCUT2D eigenvalue weighted by Crippen LogP contribution is -2.22. The van der Waals surface area contributed by atoms with Crippen LogP contribution in [0.25, 0.3) is 0 Å². The Balaban J connectivity index is 1.60. The van der Waals surface area contributed by atoms with E-state index in [2.05, 4.69) is 0 Å². The van der Waals surface area contributed by atoms with Crippen molar-refractivity contribution in [2.45, 2.75) is 77.4 Å². The summed E-state index contributed by atoms with van der Waals surface area (Å²) >= 11 is 0. The van der Waals surface area contributed by atoms with Gasteiger partial charge in [0.25, 0.3) is 0 Å². The Hall–Kier alpha value is -1.59. The van der Waals surface area contributed by atoms with Gasteiger partial charge in [-0.15, -0.1) is 0 Å². The zero-order valence-electron chi connectivity index (χ0n) is 17.5. The third-order valence-corrected chi connectivity index (χ3v) is 5.09. The summed E-state index contributed by atoms with van der Waals surface area (Å²) in [5.41, 5.74) is 1.59. The third-order valence-electron chi connectivity index (χ3n) is 5.09. The number of esters is 1. The summed E-state index contributed by atoms with van der Waals surface area (Å²) in [6.07, 6.45) is 11.3. The van der Waals surface area contributed by atoms with Gasteiger partial charge in [-0.3, -0.25) is 0 Å². The fraction of sp³-hybridized carbons (Fsp3) is 0.696. The number of carbonyl (C=O) groups is 1. The number of methoxy groups -OCH3 is 1. The Morgan fingerprint density at radius 2 is 1.89 bits per heavy atom. The van der Waals surface area contributed by atoms with Crippen molar-refractivity contribution in [1.29, 1.82) is 0 Å². The predicted octanol–water partition coefficient (Wildman–Crippen LogP) is 5.30. The number of carbonyl (C=O) groups excluding carboxylic acids is 1. The summed E-state index contributed by atoms with van der Waals surface area (Å²) in [5.74, 6) is 0.301. The van der Waals surface area contributed by atoms with Gasteiger partial charge in [0.05, 0.1) is 13.7 Å². The molecule has 1 unspecified atom stereocenters. The van der Waals surface area contributed by atoms with E-state index in [1.807, 2.05) is 25.1 Å². The summed E-state index contributed by atoms with van der Waals surface area (Å²) in [7, 11) is 1.59. The van der Waals surface area contributed by atoms with Gasteiger partial charge in [-0.1, -0.05) is 37.8 Å². The van der Waals surface area contributed by atoms with E-state index in [-0.39, 0.29) is 12.3 Å². The van der Waals surface area contributed by atoms with E-state index in [1.54, 1.807) is 7.11 Å². The molecule has 5 heteroatoms. The molecule has 2 rings (SSSR count). The predicted molar refractivity (Wildman–Crippen MR) is 110 cm³/mol. The molecular weight excluding hydrogens is 356 g/mol. The van der Waals surface area contributed by atoms with E-state index in [9.17, 15) is 4.79 Å². The molecule has 0 spiro atoms. The monoisotopic (exact) mass is 392 g/mol. The van der Waals surface area contributed by atoms with E-state index in [0.717, 1.165) is 57.3 Å². The third kappa shape index (κ3) is 7.80. The van der Waals surface area contributed by atoms with Gasteiger partial charge in [-0.2, -0.15) is 0 Å². The first-order chi connectivity index (χ1) is 13.8. The molecular formula is C23H36O5. The van der Waals surface area contributed by atoms with Crippen molar-refractivity contribution in [3.8, 4) is 5.75 Å². The second-order valence-electron chi connectivity index (χ2n) is 7.25. The molecule has 0 saturated carbocycles. The van der Waals surface area contributed by atoms with Gasteiger partial charge in [0.1, 0.15) is 11.3 Å². The van der Waals surface area contributed by atoms with Gasteiger partial charge in [-0.05, 0) is 57.1 Å². The summed E-state index contributed by atoms with van der Waals surface area (Å²) in [4.78, 5) is 12.3. The maximum Gasteiger partial charge on any atom is 0.342 e. The first-order valence-corrected chi connectivity index (χ1v) is 10.8. The van der Waals surface area contributed by atoms with E-state index in [1.165, 1.54) is 25.7 Å². The molecule has 0 amide bonds. The molecule has 1 heterocycles. The van der Waals surface area contributed by atoms with Crippen molar-refractivity contribution in [3.05, 3.63) is 29.3 Å². The zero-order chi connectivity index (χ0) is 20.0. The highest BCUT2D eigenvalue weighted by Crippen LogP contribution is 2.25. The lowest BCUT2D eigenvalue weighted by atomic mass is 9.99. The second kappa shape index (κ2) is 13.6. The number of ether oxygens (including phenoxy) is 4. The standard InChI is InChI=1S/C23H36O5/c1-3-26-23(24)22-19(14-12-15-20(22)25-2)13-8-6-4-5-7-10-17-27-21-16-9-11-18-28-21/h12,14-15,21H,3-11,13,16-18H2,1-2H3. The largest absolute Gasteiger partial charge is 0.496 e. The average molecular weight is 393 g/mol. The molecule has 0 N–H and O–H groups in total. The minimum Gasteiger partial charge on any atom is -0.496 e. The second-order valence-corrected chi connectivity index (χ2v) is 7.25. The summed E-state index contributed by atoms with van der Waals surface area (Å²) in [5, 5.41) is 0. The van der Waals surface area contributed by atoms with Crippen molar-refractivity contribution in [2.24, 2.45) is 0 Å². The van der Waals surface area contributed by atoms with Crippen LogP contribution in [0.3, 0.4) is 0 Å². The number of hydrogen-bond acceptors (Lipinski definition) is 5. The van der Waals surface area contributed by atoms with E-state index in [4.69, 9.17) is 18.9 Å². The maximum atomic E-state index is 12.3. The molecule has 1 saturated heterocycles. The molecule has 1 aromatic rings. The van der Waals surface area contributed by atoms with Crippen LogP contribution in [0.5, 0.6) is 5.75 Å². The molecule has 0 radical (unpaired) electrons. The highest BCUT2D eigenvalue weighted by atomic mass is 16.7. The molecule has 0 aromatic heterocycles. The van der Waals surface area contributed by atoms with Gasteiger partial charge < -0.3 is 18.9 Å². The molecule has 1 aliphatic rings. The fourth-order valence-corrected chi connectivity index (χ4v) is 3.57. The van der Waals surface area contributed by atoms with Crippen LogP contribution in [-0.2, 0) is 20.6 Å². The number of unbranched alkanes of at least 4 members (excludes halogenated alkanes) is 5. The minimum atomic E-state index is -0.295. The van der Waals surface area contributed by atoms with Crippen molar-refractivity contribution in [1.82, 2.24) is 0 Å². The number of rotatable bonds is 13. The van der Waals surface area contributed by atoms with Crippen LogP contribution in [0, 0.1) is 0 Å². The van der Waals surface area contributed by atoms with Crippen molar-refractivity contribution < 1.29 is 23.7 Å². The van der Waals surface area contributed by atoms with E-state index >= 15 is 0 Å². The maximum absolute atomic E-state index is 12.3. The Kier molecular flexibility index (Phi) is 11.0. The topological polar surface area (TPSA) is 54.0 Å². The van der Waals surface area contributed by atoms with Gasteiger partial charge in [0.2, 0.25) is 0 Å². The van der Waals surface area contributed by atoms with Gasteiger partial charge in [0.15, 0.2) is 6.29 Å². The van der Waals surface area contributed by atoms with Crippen LogP contribution in [0.4, 0.5) is 0 Å². The molecule has 1 fully saturated rings. The molecule has 5 nitrogen and oxygen atoms in total. The molecule has 0 bridgehead atoms. The number of aryl methyl sites for hydroxylation is 1. The minimum absolute atomic E-state index is 0.0326. The van der Waals surface area contributed by atoms with Crippen molar-refractivity contribution >= 4 is 5.97 Å². The summed E-state index contributed by atoms with van der Waals surface area (Å²) in [6, 6.07) is 5.75. The Bertz CT molecular complexity index is 566. The lowest BCUT2D eigenvalue weighted by molar-refractivity contribution is -0.162. The van der Waals surface area contributed by atoms with Gasteiger partial charge >= 0.3 is 5.97 Å². The molecule has 1 aliphatic heterocycles. The van der Waals surface area contributed by atoms with Gasteiger partial charge in [-0.25, -0.2) is 4.79 Å². The Morgan fingerprint density at radius 1 is 1.11 bits per heavy atom. The van der Waals surface area contributed by atoms with E-state index in [0.29, 0.717) is 17.9 Å². The first kappa shape index (κ1) is 22.7. The van der Waals surface area contributed by atoms with Crippen molar-refractivity contribution in [3.63, 3.8) is 0 Å². The van der Waals surface area contributed by atoms with Crippen LogP contribution in [0.2, 0.25) is 0 Å². The highest BCUT2D eigenvalue weighted by Gasteiger charge is 2.18.